The molecule has 0 aromatic heterocycles. The zero-order valence-electron chi connectivity index (χ0n) is 10.3. The lowest BCUT2D eigenvalue weighted by Crippen LogP contribution is -2.35. The van der Waals surface area contributed by atoms with Gasteiger partial charge >= 0.3 is 5.97 Å². The summed E-state index contributed by atoms with van der Waals surface area (Å²) in [4.78, 5) is 14.2. The lowest BCUT2D eigenvalue weighted by atomic mass is 9.95. The second-order valence-corrected chi connectivity index (χ2v) is 5.27. The Bertz CT molecular complexity index is 228. The van der Waals surface area contributed by atoms with Crippen LogP contribution in [0.1, 0.15) is 44.9 Å². The van der Waals surface area contributed by atoms with E-state index >= 15 is 0 Å². The first-order valence-electron chi connectivity index (χ1n) is 6.65. The van der Waals surface area contributed by atoms with Gasteiger partial charge in [0.15, 0.2) is 0 Å². The lowest BCUT2D eigenvalue weighted by molar-refractivity contribution is -0.157. The highest BCUT2D eigenvalue weighted by atomic mass is 16.5. The van der Waals surface area contributed by atoms with E-state index in [1.54, 1.807) is 0 Å². The first kappa shape index (κ1) is 11.9. The van der Waals surface area contributed by atoms with Gasteiger partial charge in [0, 0.05) is 0 Å². The minimum Gasteiger partial charge on any atom is -0.462 e. The third-order valence-corrected chi connectivity index (χ3v) is 3.89. The van der Waals surface area contributed by atoms with Crippen LogP contribution in [0, 0.1) is 5.92 Å². The standard InChI is InChI=1S/C13H23NO2/c1-14-9-7-11(8-10-14)13(15)16-12-5-3-2-4-6-12/h11-12H,2-10H2,1H3. The Labute approximate surface area is 98.1 Å². The van der Waals surface area contributed by atoms with Crippen molar-refractivity contribution in [1.82, 2.24) is 4.90 Å². The normalized spacial score (nSPS) is 25.6. The molecule has 0 atom stereocenters. The predicted molar refractivity (Wildman–Crippen MR) is 63.2 cm³/mol. The van der Waals surface area contributed by atoms with Crippen LogP contribution in [0.4, 0.5) is 0 Å². The molecule has 16 heavy (non-hydrogen) atoms. The van der Waals surface area contributed by atoms with E-state index in [4.69, 9.17) is 4.74 Å². The molecule has 0 aromatic rings. The summed E-state index contributed by atoms with van der Waals surface area (Å²) >= 11 is 0. The lowest BCUT2D eigenvalue weighted by Gasteiger charge is -2.29. The summed E-state index contributed by atoms with van der Waals surface area (Å²) in [6.07, 6.45) is 8.10. The van der Waals surface area contributed by atoms with Crippen LogP contribution in [-0.4, -0.2) is 37.1 Å². The molecule has 92 valence electrons. The van der Waals surface area contributed by atoms with E-state index in [9.17, 15) is 4.79 Å². The molecular weight excluding hydrogens is 202 g/mol. The van der Waals surface area contributed by atoms with Crippen LogP contribution in [0.5, 0.6) is 0 Å². The molecular formula is C13H23NO2. The van der Waals surface area contributed by atoms with E-state index in [0.717, 1.165) is 38.8 Å². The highest BCUT2D eigenvalue weighted by Gasteiger charge is 2.27. The Hall–Kier alpha value is -0.570. The van der Waals surface area contributed by atoms with Crippen molar-refractivity contribution in [3.8, 4) is 0 Å². The van der Waals surface area contributed by atoms with E-state index in [1.165, 1.54) is 19.3 Å². The van der Waals surface area contributed by atoms with E-state index in [1.807, 2.05) is 0 Å². The number of rotatable bonds is 2. The van der Waals surface area contributed by atoms with E-state index < -0.39 is 0 Å². The Morgan fingerprint density at radius 2 is 1.69 bits per heavy atom. The van der Waals surface area contributed by atoms with Crippen molar-refractivity contribution in [1.29, 1.82) is 0 Å². The molecule has 2 aliphatic rings. The van der Waals surface area contributed by atoms with Gasteiger partial charge in [0.25, 0.3) is 0 Å². The van der Waals surface area contributed by atoms with Crippen LogP contribution in [-0.2, 0) is 9.53 Å². The van der Waals surface area contributed by atoms with Crippen LogP contribution < -0.4 is 0 Å². The van der Waals surface area contributed by atoms with Crippen molar-refractivity contribution in [2.75, 3.05) is 20.1 Å². The quantitative estimate of drug-likeness (QED) is 0.675. The molecule has 0 N–H and O–H groups in total. The number of likely N-dealkylation sites (tertiary alicyclic amines) is 1. The summed E-state index contributed by atoms with van der Waals surface area (Å²) in [5, 5.41) is 0. The third kappa shape index (κ3) is 3.21. The van der Waals surface area contributed by atoms with E-state index in [0.29, 0.717) is 0 Å². The molecule has 0 amide bonds. The fourth-order valence-electron chi connectivity index (χ4n) is 2.69. The second-order valence-electron chi connectivity index (χ2n) is 5.27. The van der Waals surface area contributed by atoms with Gasteiger partial charge < -0.3 is 9.64 Å². The van der Waals surface area contributed by atoms with Crippen LogP contribution in [0.25, 0.3) is 0 Å². The topological polar surface area (TPSA) is 29.5 Å². The third-order valence-electron chi connectivity index (χ3n) is 3.89. The number of carbonyl (C=O) groups excluding carboxylic acids is 1. The molecule has 2 rings (SSSR count). The van der Waals surface area contributed by atoms with Gasteiger partial charge in [0.1, 0.15) is 6.10 Å². The second kappa shape index (κ2) is 5.67. The summed E-state index contributed by atoms with van der Waals surface area (Å²) in [5.74, 6) is 0.234. The largest absolute Gasteiger partial charge is 0.462 e. The Morgan fingerprint density at radius 3 is 2.31 bits per heavy atom. The number of hydrogen-bond acceptors (Lipinski definition) is 3. The molecule has 1 heterocycles. The average molecular weight is 225 g/mol. The van der Waals surface area contributed by atoms with Crippen LogP contribution in [0.3, 0.4) is 0 Å². The summed E-state index contributed by atoms with van der Waals surface area (Å²) in [5.41, 5.74) is 0. The summed E-state index contributed by atoms with van der Waals surface area (Å²) in [6.45, 7) is 2.06. The van der Waals surface area contributed by atoms with Gasteiger partial charge in [0.2, 0.25) is 0 Å². The van der Waals surface area contributed by atoms with Crippen molar-refractivity contribution in [3.05, 3.63) is 0 Å². The summed E-state index contributed by atoms with van der Waals surface area (Å²) in [7, 11) is 2.11. The molecule has 3 nitrogen and oxygen atoms in total. The van der Waals surface area contributed by atoms with E-state index in [2.05, 4.69) is 11.9 Å². The minimum absolute atomic E-state index is 0.0694. The Kier molecular flexibility index (Phi) is 4.22. The van der Waals surface area contributed by atoms with Crippen LogP contribution in [0.2, 0.25) is 0 Å². The Balaban J connectivity index is 1.74. The number of ether oxygens (including phenoxy) is 1. The monoisotopic (exact) mass is 225 g/mol. The molecule has 0 bridgehead atoms. The molecule has 0 unspecified atom stereocenters. The molecule has 1 saturated heterocycles. The predicted octanol–water partition coefficient (Wildman–Crippen LogP) is 2.20. The van der Waals surface area contributed by atoms with Crippen molar-refractivity contribution >= 4 is 5.97 Å². The number of piperidine rings is 1. The Morgan fingerprint density at radius 1 is 1.06 bits per heavy atom. The fourth-order valence-corrected chi connectivity index (χ4v) is 2.69. The molecule has 1 saturated carbocycles. The van der Waals surface area contributed by atoms with Crippen LogP contribution in [0.15, 0.2) is 0 Å². The van der Waals surface area contributed by atoms with Gasteiger partial charge in [-0.1, -0.05) is 6.42 Å². The van der Waals surface area contributed by atoms with Gasteiger partial charge in [-0.25, -0.2) is 0 Å². The first-order chi connectivity index (χ1) is 7.75. The fraction of sp³-hybridized carbons (Fsp3) is 0.923. The maximum atomic E-state index is 11.9. The molecule has 2 fully saturated rings. The molecule has 0 aromatic carbocycles. The van der Waals surface area contributed by atoms with Crippen molar-refractivity contribution in [3.63, 3.8) is 0 Å². The highest BCUT2D eigenvalue weighted by molar-refractivity contribution is 5.72. The van der Waals surface area contributed by atoms with Crippen molar-refractivity contribution in [2.45, 2.75) is 51.0 Å². The van der Waals surface area contributed by atoms with Gasteiger partial charge in [-0.3, -0.25) is 4.79 Å². The smallest absolute Gasteiger partial charge is 0.309 e. The average Bonchev–Trinajstić information content (AvgIpc) is 2.31. The number of esters is 1. The van der Waals surface area contributed by atoms with Crippen molar-refractivity contribution in [2.24, 2.45) is 5.92 Å². The molecule has 0 radical (unpaired) electrons. The summed E-state index contributed by atoms with van der Waals surface area (Å²) in [6, 6.07) is 0. The van der Waals surface area contributed by atoms with Crippen molar-refractivity contribution < 1.29 is 9.53 Å². The van der Waals surface area contributed by atoms with E-state index in [-0.39, 0.29) is 18.0 Å². The SMILES string of the molecule is CN1CCC(C(=O)OC2CCCCC2)CC1. The first-order valence-corrected chi connectivity index (χ1v) is 6.65. The van der Waals surface area contributed by atoms with Gasteiger partial charge in [-0.05, 0) is 58.7 Å². The maximum Gasteiger partial charge on any atom is 0.309 e. The van der Waals surface area contributed by atoms with Crippen LogP contribution >= 0.6 is 0 Å². The molecule has 3 heteroatoms. The molecule has 1 aliphatic carbocycles. The number of nitrogens with zero attached hydrogens (tertiary/aromatic N) is 1. The summed E-state index contributed by atoms with van der Waals surface area (Å²) < 4.78 is 5.61. The zero-order valence-corrected chi connectivity index (χ0v) is 10.3. The maximum absolute atomic E-state index is 11.9. The van der Waals surface area contributed by atoms with Gasteiger partial charge in [-0.2, -0.15) is 0 Å². The highest BCUT2D eigenvalue weighted by Crippen LogP contribution is 2.24. The zero-order chi connectivity index (χ0) is 11.4. The number of carbonyl (C=O) groups is 1. The van der Waals surface area contributed by atoms with Gasteiger partial charge in [0.05, 0.1) is 5.92 Å². The molecule has 0 spiro atoms. The number of hydrogen-bond donors (Lipinski definition) is 0. The van der Waals surface area contributed by atoms with Gasteiger partial charge in [-0.15, -0.1) is 0 Å². The minimum atomic E-state index is 0.0694. The molecule has 1 aliphatic heterocycles.